The number of benzene rings is 1. The Kier molecular flexibility index (Phi) is 4.55. The first-order chi connectivity index (χ1) is 11.8. The SMILES string of the molecule is Cc1ccc(C(=O)C(C)Sc2nnc3ccc(C(F)(F)F)cn23)cc1. The van der Waals surface area contributed by atoms with E-state index in [0.717, 1.165) is 29.6 Å². The van der Waals surface area contributed by atoms with Crippen molar-refractivity contribution < 1.29 is 18.0 Å². The number of carbonyl (C=O) groups excluding carboxylic acids is 1. The van der Waals surface area contributed by atoms with E-state index in [4.69, 9.17) is 0 Å². The van der Waals surface area contributed by atoms with Crippen molar-refractivity contribution in [3.63, 3.8) is 0 Å². The van der Waals surface area contributed by atoms with Gasteiger partial charge in [0.1, 0.15) is 0 Å². The van der Waals surface area contributed by atoms with Gasteiger partial charge in [-0.3, -0.25) is 9.20 Å². The number of halogens is 3. The van der Waals surface area contributed by atoms with Gasteiger partial charge in [0.25, 0.3) is 0 Å². The molecular formula is C17H14F3N3OS. The molecule has 0 saturated carbocycles. The molecule has 3 rings (SSSR count). The number of hydrogen-bond donors (Lipinski definition) is 0. The fraction of sp³-hybridized carbons (Fsp3) is 0.235. The molecule has 25 heavy (non-hydrogen) atoms. The standard InChI is InChI=1S/C17H14F3N3OS/c1-10-3-5-12(6-4-10)15(24)11(2)25-16-22-21-14-8-7-13(9-23(14)16)17(18,19)20/h3-9,11H,1-2H3. The Morgan fingerprint density at radius 2 is 1.80 bits per heavy atom. The Balaban J connectivity index is 1.86. The van der Waals surface area contributed by atoms with E-state index in [1.165, 1.54) is 10.5 Å². The van der Waals surface area contributed by atoms with Crippen LogP contribution >= 0.6 is 11.8 Å². The monoisotopic (exact) mass is 365 g/mol. The van der Waals surface area contributed by atoms with Crippen molar-refractivity contribution in [2.24, 2.45) is 0 Å². The molecule has 3 aromatic rings. The number of fused-ring (bicyclic) bond motifs is 1. The zero-order valence-electron chi connectivity index (χ0n) is 13.4. The fourth-order valence-electron chi connectivity index (χ4n) is 2.28. The zero-order valence-corrected chi connectivity index (χ0v) is 14.2. The molecule has 0 fully saturated rings. The highest BCUT2D eigenvalue weighted by Crippen LogP contribution is 2.31. The van der Waals surface area contributed by atoms with Gasteiger partial charge in [-0.25, -0.2) is 0 Å². The van der Waals surface area contributed by atoms with Crippen LogP contribution in [0.1, 0.15) is 28.4 Å². The van der Waals surface area contributed by atoms with Crippen molar-refractivity contribution in [3.05, 3.63) is 59.3 Å². The molecule has 0 amide bonds. The number of aromatic nitrogens is 3. The van der Waals surface area contributed by atoms with E-state index in [9.17, 15) is 18.0 Å². The van der Waals surface area contributed by atoms with Crippen LogP contribution < -0.4 is 0 Å². The van der Waals surface area contributed by atoms with Gasteiger partial charge in [0.2, 0.25) is 0 Å². The number of alkyl halides is 3. The Hall–Kier alpha value is -2.35. The van der Waals surface area contributed by atoms with Gasteiger partial charge >= 0.3 is 6.18 Å². The van der Waals surface area contributed by atoms with E-state index in [1.54, 1.807) is 19.1 Å². The first kappa shape index (κ1) is 17.5. The summed E-state index contributed by atoms with van der Waals surface area (Å²) in [6, 6.07) is 9.36. The maximum absolute atomic E-state index is 12.9. The summed E-state index contributed by atoms with van der Waals surface area (Å²) in [5, 5.41) is 7.49. The predicted molar refractivity (Wildman–Crippen MR) is 88.8 cm³/mol. The number of carbonyl (C=O) groups is 1. The highest BCUT2D eigenvalue weighted by Gasteiger charge is 2.31. The number of rotatable bonds is 4. The lowest BCUT2D eigenvalue weighted by Gasteiger charge is -2.10. The van der Waals surface area contributed by atoms with Crippen molar-refractivity contribution in [2.75, 3.05) is 0 Å². The molecule has 0 N–H and O–H groups in total. The smallest absolute Gasteiger partial charge is 0.293 e. The van der Waals surface area contributed by atoms with Crippen LogP contribution in [0.15, 0.2) is 47.8 Å². The number of aryl methyl sites for hydroxylation is 1. The summed E-state index contributed by atoms with van der Waals surface area (Å²) < 4.78 is 39.9. The van der Waals surface area contributed by atoms with E-state index in [0.29, 0.717) is 11.2 Å². The fourth-order valence-corrected chi connectivity index (χ4v) is 3.19. The van der Waals surface area contributed by atoms with Crippen molar-refractivity contribution in [3.8, 4) is 0 Å². The van der Waals surface area contributed by atoms with Gasteiger partial charge in [-0.05, 0) is 26.0 Å². The molecule has 2 heterocycles. The van der Waals surface area contributed by atoms with Gasteiger partial charge in [0.05, 0.1) is 10.8 Å². The van der Waals surface area contributed by atoms with E-state index in [1.807, 2.05) is 19.1 Å². The second-order valence-electron chi connectivity index (χ2n) is 5.62. The van der Waals surface area contributed by atoms with E-state index >= 15 is 0 Å². The molecule has 0 saturated heterocycles. The molecule has 0 bridgehead atoms. The quantitative estimate of drug-likeness (QED) is 0.507. The number of thioether (sulfide) groups is 1. The molecule has 0 radical (unpaired) electrons. The maximum atomic E-state index is 12.9. The Morgan fingerprint density at radius 3 is 2.44 bits per heavy atom. The van der Waals surface area contributed by atoms with Crippen LogP contribution in [0, 0.1) is 6.92 Å². The van der Waals surface area contributed by atoms with E-state index in [-0.39, 0.29) is 10.9 Å². The van der Waals surface area contributed by atoms with Crippen LogP contribution in [0.4, 0.5) is 13.2 Å². The summed E-state index contributed by atoms with van der Waals surface area (Å²) in [5.41, 5.74) is 1.10. The molecule has 130 valence electrons. The van der Waals surface area contributed by atoms with Crippen molar-refractivity contribution in [1.29, 1.82) is 0 Å². The van der Waals surface area contributed by atoms with Gasteiger partial charge in [-0.1, -0.05) is 41.6 Å². The summed E-state index contributed by atoms with van der Waals surface area (Å²) >= 11 is 1.08. The lowest BCUT2D eigenvalue weighted by atomic mass is 10.1. The van der Waals surface area contributed by atoms with Crippen LogP contribution in [0.25, 0.3) is 5.65 Å². The average Bonchev–Trinajstić information content (AvgIpc) is 2.96. The number of Topliss-reactive ketones (excluding diaryl/α,β-unsaturated/α-hetero) is 1. The molecule has 1 aromatic carbocycles. The van der Waals surface area contributed by atoms with Gasteiger partial charge in [0, 0.05) is 11.8 Å². The predicted octanol–water partition coefficient (Wildman–Crippen LogP) is 4.42. The third kappa shape index (κ3) is 3.68. The van der Waals surface area contributed by atoms with Crippen LogP contribution in [0.2, 0.25) is 0 Å². The second kappa shape index (κ2) is 6.51. The molecule has 0 aliphatic carbocycles. The molecule has 2 aromatic heterocycles. The molecular weight excluding hydrogens is 351 g/mol. The summed E-state index contributed by atoms with van der Waals surface area (Å²) in [5.74, 6) is -0.117. The molecule has 0 spiro atoms. The molecule has 8 heteroatoms. The minimum Gasteiger partial charge on any atom is -0.293 e. The second-order valence-corrected chi connectivity index (χ2v) is 6.92. The molecule has 0 aliphatic heterocycles. The van der Waals surface area contributed by atoms with Crippen molar-refractivity contribution in [1.82, 2.24) is 14.6 Å². The third-order valence-corrected chi connectivity index (χ3v) is 4.74. The highest BCUT2D eigenvalue weighted by atomic mass is 32.2. The minimum absolute atomic E-state index is 0.117. The maximum Gasteiger partial charge on any atom is 0.417 e. The average molecular weight is 365 g/mol. The van der Waals surface area contributed by atoms with Gasteiger partial charge in [-0.15, -0.1) is 10.2 Å². The number of nitrogens with zero attached hydrogens (tertiary/aromatic N) is 3. The molecule has 4 nitrogen and oxygen atoms in total. The first-order valence-electron chi connectivity index (χ1n) is 7.45. The number of pyridine rings is 1. The Bertz CT molecular complexity index is 919. The van der Waals surface area contributed by atoms with Crippen molar-refractivity contribution in [2.45, 2.75) is 30.4 Å². The summed E-state index contributed by atoms with van der Waals surface area (Å²) in [4.78, 5) is 12.5. The van der Waals surface area contributed by atoms with Gasteiger partial charge in [0.15, 0.2) is 16.6 Å². The largest absolute Gasteiger partial charge is 0.417 e. The summed E-state index contributed by atoms with van der Waals surface area (Å²) in [6.07, 6.45) is -3.51. The zero-order chi connectivity index (χ0) is 18.2. The summed E-state index contributed by atoms with van der Waals surface area (Å²) in [6.45, 7) is 3.62. The summed E-state index contributed by atoms with van der Waals surface area (Å²) in [7, 11) is 0. The topological polar surface area (TPSA) is 47.3 Å². The number of ketones is 1. The normalized spacial score (nSPS) is 13.2. The van der Waals surface area contributed by atoms with Crippen LogP contribution in [-0.2, 0) is 6.18 Å². The Morgan fingerprint density at radius 1 is 1.12 bits per heavy atom. The van der Waals surface area contributed by atoms with Crippen LogP contribution in [0.3, 0.4) is 0 Å². The third-order valence-electron chi connectivity index (χ3n) is 3.69. The van der Waals surface area contributed by atoms with Crippen LogP contribution in [-0.4, -0.2) is 25.6 Å². The number of hydrogen-bond acceptors (Lipinski definition) is 4. The van der Waals surface area contributed by atoms with Crippen LogP contribution in [0.5, 0.6) is 0 Å². The molecule has 1 atom stereocenters. The lowest BCUT2D eigenvalue weighted by molar-refractivity contribution is -0.137. The molecule has 1 unspecified atom stereocenters. The van der Waals surface area contributed by atoms with Crippen molar-refractivity contribution >= 4 is 23.2 Å². The van der Waals surface area contributed by atoms with Gasteiger partial charge in [-0.2, -0.15) is 13.2 Å². The molecule has 0 aliphatic rings. The van der Waals surface area contributed by atoms with E-state index in [2.05, 4.69) is 10.2 Å². The highest BCUT2D eigenvalue weighted by molar-refractivity contribution is 8.00. The van der Waals surface area contributed by atoms with E-state index < -0.39 is 17.0 Å². The van der Waals surface area contributed by atoms with Gasteiger partial charge < -0.3 is 0 Å². The lowest BCUT2D eigenvalue weighted by Crippen LogP contribution is -2.14. The Labute approximate surface area is 146 Å². The minimum atomic E-state index is -4.45. The first-order valence-corrected chi connectivity index (χ1v) is 8.33.